The van der Waals surface area contributed by atoms with Gasteiger partial charge in [0, 0.05) is 11.6 Å². The Bertz CT molecular complexity index is 571. The van der Waals surface area contributed by atoms with Crippen molar-refractivity contribution in [2.45, 2.75) is 25.9 Å². The maximum Gasteiger partial charge on any atom is 0.239 e. The largest absolute Gasteiger partial charge is 0.353 e. The summed E-state index contributed by atoms with van der Waals surface area (Å²) in [5.74, 6) is -0.569. The van der Waals surface area contributed by atoms with Crippen LogP contribution in [-0.2, 0) is 9.59 Å². The summed E-state index contributed by atoms with van der Waals surface area (Å²) in [6.45, 7) is 4.01. The quantitative estimate of drug-likeness (QED) is 0.592. The van der Waals surface area contributed by atoms with Gasteiger partial charge < -0.3 is 21.3 Å². The van der Waals surface area contributed by atoms with Crippen molar-refractivity contribution in [2.75, 3.05) is 27.2 Å². The lowest BCUT2D eigenvalue weighted by Gasteiger charge is -2.26. The van der Waals surface area contributed by atoms with Gasteiger partial charge in [0.2, 0.25) is 11.8 Å². The third-order valence-electron chi connectivity index (χ3n) is 3.82. The normalized spacial score (nSPS) is 12.6. The molecule has 0 aliphatic rings. The highest BCUT2D eigenvalue weighted by Crippen LogP contribution is 2.25. The molecule has 0 aliphatic heterocycles. The Hall–Kier alpha value is -1.05. The highest BCUT2D eigenvalue weighted by atomic mass is 35.5. The van der Waals surface area contributed by atoms with Crippen LogP contribution in [0.3, 0.4) is 0 Å². The highest BCUT2D eigenvalue weighted by Gasteiger charge is 2.19. The fourth-order valence-electron chi connectivity index (χ4n) is 2.18. The van der Waals surface area contributed by atoms with Gasteiger partial charge in [0.1, 0.15) is 0 Å². The average Bonchev–Trinajstić information content (AvgIpc) is 2.53. The standard InChI is InChI=1S/C17H27ClN4O2.2ClH/c1-11(2)16(19)17(24)21-10-15(23)20-9-14(22(3)4)12-7-5-6-8-13(12)18;;/h5-8,11,14,16H,9-10,19H2,1-4H3,(H,20,23)(H,21,24);2*1H/t14?,16-;;/m0../s1. The van der Waals surface area contributed by atoms with Gasteiger partial charge in [-0.3, -0.25) is 9.59 Å². The molecule has 26 heavy (non-hydrogen) atoms. The van der Waals surface area contributed by atoms with Crippen LogP contribution < -0.4 is 16.4 Å². The van der Waals surface area contributed by atoms with Crippen LogP contribution in [-0.4, -0.2) is 49.9 Å². The van der Waals surface area contributed by atoms with Crippen LogP contribution in [0.5, 0.6) is 0 Å². The van der Waals surface area contributed by atoms with Crippen LogP contribution in [0.25, 0.3) is 0 Å². The molecule has 2 atom stereocenters. The smallest absolute Gasteiger partial charge is 0.239 e. The van der Waals surface area contributed by atoms with Gasteiger partial charge in [-0.05, 0) is 31.6 Å². The lowest BCUT2D eigenvalue weighted by Crippen LogP contribution is -2.47. The zero-order valence-electron chi connectivity index (χ0n) is 15.5. The molecule has 1 rings (SSSR count). The summed E-state index contributed by atoms with van der Waals surface area (Å²) in [6, 6.07) is 6.86. The summed E-state index contributed by atoms with van der Waals surface area (Å²) in [4.78, 5) is 25.7. The lowest BCUT2D eigenvalue weighted by atomic mass is 10.1. The summed E-state index contributed by atoms with van der Waals surface area (Å²) in [6.07, 6.45) is 0. The van der Waals surface area contributed by atoms with Crippen molar-refractivity contribution in [1.29, 1.82) is 0 Å². The van der Waals surface area contributed by atoms with Crippen molar-refractivity contribution in [1.82, 2.24) is 15.5 Å². The van der Waals surface area contributed by atoms with E-state index in [4.69, 9.17) is 17.3 Å². The second-order valence-corrected chi connectivity index (χ2v) is 6.70. The molecule has 2 amide bonds. The van der Waals surface area contributed by atoms with Crippen molar-refractivity contribution < 1.29 is 9.59 Å². The molecule has 0 radical (unpaired) electrons. The first-order chi connectivity index (χ1) is 11.2. The molecule has 1 unspecified atom stereocenters. The van der Waals surface area contributed by atoms with Crippen LogP contribution in [0.1, 0.15) is 25.5 Å². The van der Waals surface area contributed by atoms with Crippen LogP contribution in [0, 0.1) is 5.92 Å². The lowest BCUT2D eigenvalue weighted by molar-refractivity contribution is -0.127. The predicted octanol–water partition coefficient (Wildman–Crippen LogP) is 2.00. The van der Waals surface area contributed by atoms with Crippen LogP contribution in [0.2, 0.25) is 5.02 Å². The zero-order chi connectivity index (χ0) is 18.3. The first-order valence-corrected chi connectivity index (χ1v) is 8.32. The maximum atomic E-state index is 12.0. The molecule has 4 N–H and O–H groups in total. The van der Waals surface area contributed by atoms with Crippen molar-refractivity contribution in [3.8, 4) is 0 Å². The van der Waals surface area contributed by atoms with Gasteiger partial charge in [-0.2, -0.15) is 0 Å². The number of nitrogens with one attached hydrogen (secondary N) is 2. The summed E-state index contributed by atoms with van der Waals surface area (Å²) < 4.78 is 0. The number of nitrogens with zero attached hydrogens (tertiary/aromatic N) is 1. The van der Waals surface area contributed by atoms with Crippen LogP contribution >= 0.6 is 36.4 Å². The molecule has 1 aromatic carbocycles. The zero-order valence-corrected chi connectivity index (χ0v) is 17.9. The highest BCUT2D eigenvalue weighted by molar-refractivity contribution is 6.31. The molecule has 150 valence electrons. The third-order valence-corrected chi connectivity index (χ3v) is 4.17. The number of rotatable bonds is 8. The van der Waals surface area contributed by atoms with E-state index in [0.717, 1.165) is 5.56 Å². The summed E-state index contributed by atoms with van der Waals surface area (Å²) in [5.41, 5.74) is 6.68. The number of amides is 2. The number of hydrogen-bond acceptors (Lipinski definition) is 4. The minimum Gasteiger partial charge on any atom is -0.353 e. The Labute approximate surface area is 173 Å². The van der Waals surface area contributed by atoms with Crippen LogP contribution in [0.4, 0.5) is 0 Å². The summed E-state index contributed by atoms with van der Waals surface area (Å²) in [7, 11) is 3.84. The summed E-state index contributed by atoms with van der Waals surface area (Å²) >= 11 is 6.24. The van der Waals surface area contributed by atoms with Gasteiger partial charge in [0.05, 0.1) is 18.6 Å². The van der Waals surface area contributed by atoms with Crippen molar-refractivity contribution in [3.05, 3.63) is 34.9 Å². The van der Waals surface area contributed by atoms with E-state index in [1.165, 1.54) is 0 Å². The van der Waals surface area contributed by atoms with E-state index >= 15 is 0 Å². The molecule has 1 aromatic rings. The molecule has 0 bridgehead atoms. The topological polar surface area (TPSA) is 87.5 Å². The number of nitrogens with two attached hydrogens (primary N) is 1. The molecule has 0 fully saturated rings. The Morgan fingerprint density at radius 1 is 1.15 bits per heavy atom. The molecule has 9 heteroatoms. The van der Waals surface area contributed by atoms with E-state index < -0.39 is 6.04 Å². The van der Waals surface area contributed by atoms with E-state index in [-0.39, 0.29) is 55.1 Å². The number of likely N-dealkylation sites (N-methyl/N-ethyl adjacent to an activating group) is 1. The van der Waals surface area contributed by atoms with E-state index in [0.29, 0.717) is 11.6 Å². The van der Waals surface area contributed by atoms with Crippen molar-refractivity contribution >= 4 is 48.2 Å². The van der Waals surface area contributed by atoms with E-state index in [9.17, 15) is 9.59 Å². The average molecular weight is 428 g/mol. The maximum absolute atomic E-state index is 12.0. The number of hydrogen-bond donors (Lipinski definition) is 3. The molecule has 0 spiro atoms. The molecular formula is C17H29Cl3N4O2. The van der Waals surface area contributed by atoms with Crippen LogP contribution in [0.15, 0.2) is 24.3 Å². The fourth-order valence-corrected chi connectivity index (χ4v) is 2.44. The van der Waals surface area contributed by atoms with Gasteiger partial charge >= 0.3 is 0 Å². The minimum atomic E-state index is -0.615. The van der Waals surface area contributed by atoms with Gasteiger partial charge in [0.15, 0.2) is 0 Å². The fraction of sp³-hybridized carbons (Fsp3) is 0.529. The second kappa shape index (κ2) is 13.2. The second-order valence-electron chi connectivity index (χ2n) is 6.29. The Kier molecular flexibility index (Phi) is 13.8. The number of benzene rings is 1. The molecule has 6 nitrogen and oxygen atoms in total. The van der Waals surface area contributed by atoms with Gasteiger partial charge in [-0.1, -0.05) is 43.6 Å². The monoisotopic (exact) mass is 426 g/mol. The van der Waals surface area contributed by atoms with E-state index in [1.54, 1.807) is 0 Å². The molecule has 0 heterocycles. The molecular weight excluding hydrogens is 399 g/mol. The first kappa shape index (κ1) is 27.2. The van der Waals surface area contributed by atoms with E-state index in [1.807, 2.05) is 57.1 Å². The Morgan fingerprint density at radius 2 is 1.73 bits per heavy atom. The molecule has 0 aromatic heterocycles. The first-order valence-electron chi connectivity index (χ1n) is 7.94. The Balaban J connectivity index is 0. The van der Waals surface area contributed by atoms with E-state index in [2.05, 4.69) is 10.6 Å². The third kappa shape index (κ3) is 8.56. The number of carbonyl (C=O) groups excluding carboxylic acids is 2. The molecule has 0 saturated heterocycles. The van der Waals surface area contributed by atoms with Gasteiger partial charge in [-0.15, -0.1) is 24.8 Å². The van der Waals surface area contributed by atoms with Gasteiger partial charge in [-0.25, -0.2) is 0 Å². The number of halogens is 3. The summed E-state index contributed by atoms with van der Waals surface area (Å²) in [5, 5.41) is 6.02. The SMILES string of the molecule is CC(C)[C@H](N)C(=O)NCC(=O)NCC(c1ccccc1Cl)N(C)C.Cl.Cl. The number of carbonyl (C=O) groups is 2. The van der Waals surface area contributed by atoms with Crippen molar-refractivity contribution in [3.63, 3.8) is 0 Å². The molecule has 0 aliphatic carbocycles. The minimum absolute atomic E-state index is 0. The molecule has 0 saturated carbocycles. The van der Waals surface area contributed by atoms with Crippen molar-refractivity contribution in [2.24, 2.45) is 11.7 Å². The predicted molar refractivity (Wildman–Crippen MR) is 111 cm³/mol. The Morgan fingerprint density at radius 3 is 2.23 bits per heavy atom. The van der Waals surface area contributed by atoms with Gasteiger partial charge in [0.25, 0.3) is 0 Å².